The molecule has 1 radical (unpaired) electrons. The van der Waals surface area contributed by atoms with Gasteiger partial charge in [-0.3, -0.25) is 4.52 Å². The minimum atomic E-state index is 0. The number of nitrogens with zero attached hydrogens (tertiary/aromatic N) is 4. The largest absolute Gasteiger partial charge is 0.378 e. The van der Waals surface area contributed by atoms with Gasteiger partial charge in [-0.25, -0.2) is 0 Å². The summed E-state index contributed by atoms with van der Waals surface area (Å²) in [5, 5.41) is 9.36. The molecule has 0 amide bonds. The molecular weight excluding hydrogens is 645 g/mol. The molecule has 8 rings (SSSR count). The first kappa shape index (κ1) is 22.9. The fraction of sp³-hybridized carbons (Fsp3) is 0.0303. The second-order valence-electron chi connectivity index (χ2n) is 9.55. The van der Waals surface area contributed by atoms with Crippen molar-refractivity contribution < 1.29 is 20.1 Å². The zero-order valence-corrected chi connectivity index (χ0v) is 22.9. The summed E-state index contributed by atoms with van der Waals surface area (Å²) in [4.78, 5) is 4.85. The second kappa shape index (κ2) is 8.63. The van der Waals surface area contributed by atoms with Crippen molar-refractivity contribution in [1.82, 2.24) is 19.2 Å². The van der Waals surface area contributed by atoms with E-state index >= 15 is 0 Å². The third-order valence-corrected chi connectivity index (χ3v) is 7.35. The van der Waals surface area contributed by atoms with Gasteiger partial charge in [0, 0.05) is 42.8 Å². The minimum Gasteiger partial charge on any atom is -0.378 e. The van der Waals surface area contributed by atoms with Crippen molar-refractivity contribution in [2.45, 2.75) is 6.92 Å². The van der Waals surface area contributed by atoms with E-state index < -0.39 is 0 Å². The van der Waals surface area contributed by atoms with Crippen LogP contribution in [0.2, 0.25) is 0 Å². The third-order valence-electron chi connectivity index (χ3n) is 7.35. The molecule has 0 unspecified atom stereocenters. The van der Waals surface area contributed by atoms with Gasteiger partial charge in [0.25, 0.3) is 0 Å². The van der Waals surface area contributed by atoms with Gasteiger partial charge < -0.3 is 9.55 Å². The van der Waals surface area contributed by atoms with E-state index in [1.807, 2.05) is 23.7 Å². The number of hydrogen-bond donors (Lipinski definition) is 0. The smallest absolute Gasteiger partial charge is 0.0713 e. The van der Waals surface area contributed by atoms with Gasteiger partial charge in [-0.2, -0.15) is 17.2 Å². The summed E-state index contributed by atoms with van der Waals surface area (Å²) in [6.45, 7) is 2.00. The van der Waals surface area contributed by atoms with Crippen LogP contribution in [0.4, 0.5) is 0 Å². The van der Waals surface area contributed by atoms with Crippen LogP contribution in [-0.4, -0.2) is 19.2 Å². The summed E-state index contributed by atoms with van der Waals surface area (Å²) < 4.78 is 4.31. The predicted octanol–water partition coefficient (Wildman–Crippen LogP) is 7.91. The van der Waals surface area contributed by atoms with Crippen molar-refractivity contribution in [1.29, 1.82) is 0 Å². The maximum Gasteiger partial charge on any atom is 0.0713 e. The van der Waals surface area contributed by atoms with E-state index in [0.29, 0.717) is 0 Å². The number of fused-ring (bicyclic) bond motifs is 9. The van der Waals surface area contributed by atoms with Crippen molar-refractivity contribution in [2.75, 3.05) is 0 Å². The Morgan fingerprint density at radius 1 is 0.658 bits per heavy atom. The van der Waals surface area contributed by atoms with Gasteiger partial charge in [0.2, 0.25) is 0 Å². The van der Waals surface area contributed by atoms with Crippen LogP contribution in [-0.2, 0) is 20.1 Å². The first-order valence-electron chi connectivity index (χ1n) is 12.4. The Labute approximate surface area is 232 Å². The van der Waals surface area contributed by atoms with Gasteiger partial charge >= 0.3 is 0 Å². The number of aryl methyl sites for hydroxylation is 1. The molecule has 4 aromatic heterocycles. The molecule has 0 fully saturated rings. The number of hydrogen-bond acceptors (Lipinski definition) is 2. The monoisotopic (exact) mass is 666 g/mol. The summed E-state index contributed by atoms with van der Waals surface area (Å²) in [7, 11) is 0. The average molecular weight is 666 g/mol. The maximum absolute atomic E-state index is 4.85. The maximum atomic E-state index is 4.85. The van der Waals surface area contributed by atoms with Crippen molar-refractivity contribution in [3.8, 4) is 16.8 Å². The zero-order valence-electron chi connectivity index (χ0n) is 20.5. The van der Waals surface area contributed by atoms with Crippen LogP contribution >= 0.6 is 0 Å². The van der Waals surface area contributed by atoms with Gasteiger partial charge in [-0.15, -0.1) is 0 Å². The van der Waals surface area contributed by atoms with E-state index in [1.54, 1.807) is 0 Å². The SMILES string of the molecule is Cc1c[c-]c2c(n1)c1ccc(-c3cccc(-n4c5ccccc5c5ccccc54)c3)cc1c1ccnn21.[Ir]. The van der Waals surface area contributed by atoms with Crippen LogP contribution in [0.25, 0.3) is 65.9 Å². The molecule has 0 aliphatic carbocycles. The van der Waals surface area contributed by atoms with Gasteiger partial charge in [0.1, 0.15) is 0 Å². The quantitative estimate of drug-likeness (QED) is 0.139. The summed E-state index contributed by atoms with van der Waals surface area (Å²) >= 11 is 0. The van der Waals surface area contributed by atoms with Crippen molar-refractivity contribution in [3.05, 3.63) is 121 Å². The number of rotatable bonds is 2. The van der Waals surface area contributed by atoms with E-state index in [1.165, 1.54) is 27.4 Å². The summed E-state index contributed by atoms with van der Waals surface area (Å²) in [6.07, 6.45) is 1.84. The summed E-state index contributed by atoms with van der Waals surface area (Å²) in [5.74, 6) is 0. The Morgan fingerprint density at radius 3 is 2.18 bits per heavy atom. The Balaban J connectivity index is 0.00000242. The van der Waals surface area contributed by atoms with E-state index in [4.69, 9.17) is 4.98 Å². The molecular formula is C33H21IrN4-. The van der Waals surface area contributed by atoms with Crippen LogP contribution in [0.1, 0.15) is 5.69 Å². The van der Waals surface area contributed by atoms with Crippen LogP contribution in [0.15, 0.2) is 109 Å². The molecule has 8 aromatic rings. The van der Waals surface area contributed by atoms with E-state index in [0.717, 1.165) is 44.3 Å². The Hall–Kier alpha value is -4.31. The third kappa shape index (κ3) is 3.26. The fourth-order valence-electron chi connectivity index (χ4n) is 5.70. The zero-order chi connectivity index (χ0) is 24.5. The Bertz CT molecular complexity index is 2120. The van der Waals surface area contributed by atoms with Crippen molar-refractivity contribution >= 4 is 49.1 Å². The van der Waals surface area contributed by atoms with Gasteiger partial charge in [0.05, 0.1) is 16.6 Å². The molecule has 0 N–H and O–H groups in total. The fourth-order valence-corrected chi connectivity index (χ4v) is 5.70. The van der Waals surface area contributed by atoms with E-state index in [9.17, 15) is 0 Å². The molecule has 38 heavy (non-hydrogen) atoms. The van der Waals surface area contributed by atoms with Gasteiger partial charge in [0.15, 0.2) is 0 Å². The number of para-hydroxylation sites is 2. The Morgan fingerprint density at radius 2 is 1.39 bits per heavy atom. The van der Waals surface area contributed by atoms with E-state index in [-0.39, 0.29) is 20.1 Å². The standard InChI is InChI=1S/C33H21N4.Ir/c1-21-13-16-32-33(35-21)27-15-14-23(20-28(27)31-17-18-34-37(31)32)22-7-6-8-24(19-22)36-29-11-4-2-9-25(29)26-10-3-5-12-30(26)36;/h2-15,17-20H,1H3;/q-1;. The summed E-state index contributed by atoms with van der Waals surface area (Å²) in [5.41, 5.74) is 9.74. The molecule has 0 atom stereocenters. The molecule has 5 heteroatoms. The molecule has 0 aliphatic rings. The van der Waals surface area contributed by atoms with Gasteiger partial charge in [-0.05, 0) is 69.3 Å². The molecule has 4 heterocycles. The minimum absolute atomic E-state index is 0. The number of benzene rings is 4. The molecule has 183 valence electrons. The predicted molar refractivity (Wildman–Crippen MR) is 151 cm³/mol. The second-order valence-corrected chi connectivity index (χ2v) is 9.55. The molecule has 0 spiro atoms. The molecule has 0 bridgehead atoms. The normalized spacial score (nSPS) is 11.6. The number of aromatic nitrogens is 4. The van der Waals surface area contributed by atoms with Gasteiger partial charge in [-0.1, -0.05) is 73.3 Å². The molecule has 4 nitrogen and oxygen atoms in total. The van der Waals surface area contributed by atoms with E-state index in [2.05, 4.69) is 113 Å². The van der Waals surface area contributed by atoms with Crippen LogP contribution in [0.5, 0.6) is 0 Å². The molecule has 4 aromatic carbocycles. The molecule has 0 saturated heterocycles. The molecule has 0 aliphatic heterocycles. The summed E-state index contributed by atoms with van der Waals surface area (Å²) in [6, 6.07) is 40.1. The first-order chi connectivity index (χ1) is 18.3. The topological polar surface area (TPSA) is 35.1 Å². The number of pyridine rings is 2. The van der Waals surface area contributed by atoms with Crippen molar-refractivity contribution in [2.24, 2.45) is 0 Å². The average Bonchev–Trinajstić information content (AvgIpc) is 3.57. The Kier molecular flexibility index (Phi) is 5.19. The van der Waals surface area contributed by atoms with Crippen molar-refractivity contribution in [3.63, 3.8) is 0 Å². The van der Waals surface area contributed by atoms with Crippen LogP contribution in [0, 0.1) is 13.0 Å². The van der Waals surface area contributed by atoms with Crippen LogP contribution in [0.3, 0.4) is 0 Å². The van der Waals surface area contributed by atoms with Crippen LogP contribution < -0.4 is 0 Å². The molecule has 0 saturated carbocycles. The first-order valence-corrected chi connectivity index (χ1v) is 12.4.